The fraction of sp³-hybridized carbons (Fsp3) is 0.480. The molecular formula is C75H97Cl2N6O27P3. The van der Waals surface area contributed by atoms with Crippen LogP contribution in [-0.4, -0.2) is 190 Å². The zero-order valence-corrected chi connectivity index (χ0v) is 67.1. The molecule has 0 aliphatic carbocycles. The Hall–Kier alpha value is -8.84. The lowest BCUT2D eigenvalue weighted by atomic mass is 9.98. The predicted octanol–water partition coefficient (Wildman–Crippen LogP) is 12.2. The minimum Gasteiger partial charge on any atom is -0.507 e. The predicted molar refractivity (Wildman–Crippen MR) is 416 cm³/mol. The van der Waals surface area contributed by atoms with Crippen molar-refractivity contribution in [1.82, 2.24) is 14.7 Å². The van der Waals surface area contributed by atoms with Gasteiger partial charge >= 0.3 is 41.4 Å². The Labute approximate surface area is 663 Å². The summed E-state index contributed by atoms with van der Waals surface area (Å²) in [5.74, 6) is -6.49. The van der Waals surface area contributed by atoms with Crippen LogP contribution < -0.4 is 13.6 Å². The normalized spacial score (nSPS) is 21.8. The van der Waals surface area contributed by atoms with Gasteiger partial charge in [-0.3, -0.25) is 43.7 Å². The second-order valence-corrected chi connectivity index (χ2v) is 31.2. The van der Waals surface area contributed by atoms with Crippen LogP contribution in [0.2, 0.25) is 10.0 Å². The molecule has 0 saturated carbocycles. The summed E-state index contributed by atoms with van der Waals surface area (Å²) in [5.41, 5.74) is 0.972. The molecule has 113 heavy (non-hydrogen) atoms. The van der Waals surface area contributed by atoms with E-state index in [1.165, 1.54) is 6.07 Å². The van der Waals surface area contributed by atoms with E-state index in [1.54, 1.807) is 46.8 Å². The highest BCUT2D eigenvalue weighted by atomic mass is 35.5. The first-order valence-corrected chi connectivity index (χ1v) is 42.2. The number of hydrogen-bond acceptors (Lipinski definition) is 24. The Bertz CT molecular complexity index is 4280. The number of carbonyl (C=O) groups is 6. The number of esters is 3. The Morgan fingerprint density at radius 2 is 0.867 bits per heavy atom. The number of phenolic OH excluding ortho intramolecular Hbond substituents is 3. The topological polar surface area (TPSA) is 466 Å². The number of amides is 3. The number of phenols is 3. The fourth-order valence-corrected chi connectivity index (χ4v) is 13.9. The summed E-state index contributed by atoms with van der Waals surface area (Å²) in [4.78, 5) is 154. The van der Waals surface area contributed by atoms with Gasteiger partial charge in [0.1, 0.15) is 63.4 Å². The second-order valence-electron chi connectivity index (χ2n) is 27.0. The van der Waals surface area contributed by atoms with E-state index < -0.39 is 82.3 Å². The van der Waals surface area contributed by atoms with Crippen molar-refractivity contribution >= 4 is 99.4 Å². The first-order valence-electron chi connectivity index (χ1n) is 36.9. The Morgan fingerprint density at radius 1 is 0.478 bits per heavy atom. The molecule has 6 aliphatic rings. The van der Waals surface area contributed by atoms with E-state index in [4.69, 9.17) is 56.4 Å². The number of phosphoric ester groups is 3. The third kappa shape index (κ3) is 31.8. The summed E-state index contributed by atoms with van der Waals surface area (Å²) in [6.07, 6.45) is 33.1. The Balaban J connectivity index is 0.000000235. The number of rotatable bonds is 15. The van der Waals surface area contributed by atoms with Crippen LogP contribution in [-0.2, 0) is 76.1 Å². The van der Waals surface area contributed by atoms with E-state index in [9.17, 15) is 87.1 Å². The second kappa shape index (κ2) is 45.3. The lowest BCUT2D eigenvalue weighted by molar-refractivity contribution is -0.137. The highest BCUT2D eigenvalue weighted by molar-refractivity contribution is 7.47. The molecule has 6 heterocycles. The molecule has 3 amide bonds. The Morgan fingerprint density at radius 3 is 1.31 bits per heavy atom. The summed E-state index contributed by atoms with van der Waals surface area (Å²) < 4.78 is 64.9. The van der Waals surface area contributed by atoms with Crippen molar-refractivity contribution in [2.45, 2.75) is 168 Å². The molecule has 33 nitrogen and oxygen atoms in total. The van der Waals surface area contributed by atoms with Crippen LogP contribution in [0.5, 0.6) is 34.5 Å². The van der Waals surface area contributed by atoms with Crippen molar-refractivity contribution in [2.24, 2.45) is 15.5 Å². The van der Waals surface area contributed by atoms with Gasteiger partial charge in [0.15, 0.2) is 19.8 Å². The number of fused-ring (bicyclic) bond motifs is 3. The number of benzene rings is 3. The summed E-state index contributed by atoms with van der Waals surface area (Å²) in [5, 5.41) is 43.1. The number of aromatic hydroxyl groups is 3. The zero-order valence-electron chi connectivity index (χ0n) is 62.9. The maximum Gasteiger partial charge on any atom is 0.524 e. The smallest absolute Gasteiger partial charge is 0.507 e. The molecule has 0 bridgehead atoms. The van der Waals surface area contributed by atoms with E-state index in [-0.39, 0.29) is 124 Å². The van der Waals surface area contributed by atoms with E-state index >= 15 is 0 Å². The number of phosphoric acid groups is 3. The van der Waals surface area contributed by atoms with Crippen molar-refractivity contribution < 1.29 is 129 Å². The van der Waals surface area contributed by atoms with Gasteiger partial charge in [-0.2, -0.15) is 0 Å². The molecule has 9 rings (SSSR count). The molecule has 0 unspecified atom stereocenters. The molecule has 38 heteroatoms. The molecule has 6 aliphatic heterocycles. The Kier molecular flexibility index (Phi) is 36.6. The maximum absolute atomic E-state index is 13.2. The SMILES string of the molecule is C/C1=C\C(=N/OCC(=O)N2CCCCC2)Cc2cc(OP(=O)(O)O)cc(O)c2C(=O)O[C@H](C)C/C=C/CC1.C[C@@H]1C/C=C/CC/C=C/C(=NOCC(=O)N2CCCCC2)Cc2c(Cl)c(O)cc(OP(=O)(O)O)c2C(=O)O1.O=C1OCC/C=C/CC/C=C/C(=NOCC(=O)N2CCCCC2)Cc2c(Cl)c(O)cc(OP(=O)(O)O)c21. The first kappa shape index (κ1) is 91.3. The van der Waals surface area contributed by atoms with Gasteiger partial charge in [0.25, 0.3) is 17.7 Å². The first-order chi connectivity index (χ1) is 53.7. The van der Waals surface area contributed by atoms with Gasteiger partial charge in [-0.25, -0.2) is 28.1 Å². The highest BCUT2D eigenvalue weighted by Crippen LogP contribution is 2.47. The molecule has 3 fully saturated rings. The quantitative estimate of drug-likeness (QED) is 0.0224. The molecule has 3 saturated heterocycles. The van der Waals surface area contributed by atoms with E-state index in [1.807, 2.05) is 55.5 Å². The number of piperidine rings is 3. The fourth-order valence-electron chi connectivity index (χ4n) is 12.3. The number of cyclic esters (lactones) is 3. The van der Waals surface area contributed by atoms with Gasteiger partial charge in [0, 0.05) is 89.6 Å². The van der Waals surface area contributed by atoms with Crippen molar-refractivity contribution in [2.75, 3.05) is 65.7 Å². The number of halogens is 2. The molecule has 3 aromatic rings. The average molecular weight is 1680 g/mol. The van der Waals surface area contributed by atoms with Crippen molar-refractivity contribution in [3.05, 3.63) is 140 Å². The van der Waals surface area contributed by atoms with Crippen LogP contribution in [0.1, 0.15) is 184 Å². The molecule has 2 atom stereocenters. The van der Waals surface area contributed by atoms with Gasteiger partial charge in [-0.1, -0.05) is 92.9 Å². The van der Waals surface area contributed by atoms with Crippen molar-refractivity contribution in [3.8, 4) is 34.5 Å². The molecule has 0 radical (unpaired) electrons. The summed E-state index contributed by atoms with van der Waals surface area (Å²) in [6, 6.07) is 3.86. The summed E-state index contributed by atoms with van der Waals surface area (Å²) in [6.45, 7) is 8.51. The molecule has 0 aromatic heterocycles. The third-order valence-corrected chi connectivity index (χ3v) is 19.8. The summed E-state index contributed by atoms with van der Waals surface area (Å²) in [7, 11) is -15.2. The number of ether oxygens (including phenoxy) is 3. The number of likely N-dealkylation sites (tertiary alicyclic amines) is 3. The molecule has 0 spiro atoms. The molecule has 9 N–H and O–H groups in total. The standard InChI is InChI=1S/C26H35N2O9P.C25H32ClN2O9P.C24H30ClN2O9P/c1-18-9-5-3-6-10-19(2)36-26(31)25-20(15-22(16-23(25)29)37-38(32,33)34)14-21(13-18)27-35-17-24(30)28-11-7-4-8-12-28;1-17-10-6-3-2-4-7-11-18(27-35-16-22(30)28-12-8-5-9-13-28)14-19-23(25(31)36-17)21(37-38(32,33)34)15-20(29)24(19)26;25-23-18-14-17(26-35-16-21(29)27-11-7-5-8-12-27)10-6-3-1-2-4-9-13-34-24(30)22(18)20(15-19(23)28)36-37(31,32)33/h3,6,13,15-16,19,29H,4-5,7-12,14,17H2,1-2H3,(H2,32,33,34);3,6-7,11,15,17,29H,2,4-5,8-10,12-14,16H2,1H3,(H2,32,33,34);2,4,6,10,15,28H,1,3,5,7-9,11-14,16H2,(H2,31,32,33)/b6-3+,18-13+,27-21+;6-3+,11-7+,27-18?;4-2+,10-6+,26-17?/t19-;17-;/m11./s1. The highest BCUT2D eigenvalue weighted by Gasteiger charge is 2.34. The molecular weight excluding hydrogens is 1580 g/mol. The van der Waals surface area contributed by atoms with Crippen LogP contribution in [0.25, 0.3) is 0 Å². The number of oxime groups is 3. The number of nitrogens with zero attached hydrogens (tertiary/aromatic N) is 6. The van der Waals surface area contributed by atoms with Gasteiger partial charge < -0.3 is 72.3 Å². The van der Waals surface area contributed by atoms with E-state index in [2.05, 4.69) is 24.5 Å². The average Bonchev–Trinajstić information content (AvgIpc) is 0.768. The van der Waals surface area contributed by atoms with Crippen LogP contribution >= 0.6 is 46.7 Å². The summed E-state index contributed by atoms with van der Waals surface area (Å²) >= 11 is 12.7. The van der Waals surface area contributed by atoms with Gasteiger partial charge in [0.05, 0.1) is 33.8 Å². The van der Waals surface area contributed by atoms with Crippen LogP contribution in [0, 0.1) is 0 Å². The number of carbonyl (C=O) groups excluding carboxylic acids is 6. The lowest BCUT2D eigenvalue weighted by Crippen LogP contribution is -2.37. The minimum atomic E-state index is -5.13. The molecule has 3 aromatic carbocycles. The number of hydrogen-bond donors (Lipinski definition) is 9. The zero-order chi connectivity index (χ0) is 82.3. The van der Waals surface area contributed by atoms with Gasteiger partial charge in [-0.05, 0) is 164 Å². The van der Waals surface area contributed by atoms with E-state index in [0.717, 1.165) is 107 Å². The van der Waals surface area contributed by atoms with Gasteiger partial charge in [0.2, 0.25) is 0 Å². The maximum atomic E-state index is 13.2. The number of allylic oxidation sites excluding steroid dienone is 9. The van der Waals surface area contributed by atoms with Gasteiger partial charge in [-0.15, -0.1) is 0 Å². The lowest BCUT2D eigenvalue weighted by Gasteiger charge is -2.26. The minimum absolute atomic E-state index is 0.00112. The van der Waals surface area contributed by atoms with Crippen LogP contribution in [0.3, 0.4) is 0 Å². The van der Waals surface area contributed by atoms with Crippen molar-refractivity contribution in [1.29, 1.82) is 0 Å². The largest absolute Gasteiger partial charge is 0.524 e. The third-order valence-electron chi connectivity index (χ3n) is 17.7. The van der Waals surface area contributed by atoms with Crippen LogP contribution in [0.15, 0.2) is 112 Å². The van der Waals surface area contributed by atoms with E-state index in [0.29, 0.717) is 77.1 Å². The van der Waals surface area contributed by atoms with Crippen LogP contribution in [0.4, 0.5) is 0 Å². The monoisotopic (exact) mass is 1680 g/mol. The van der Waals surface area contributed by atoms with Crippen molar-refractivity contribution in [3.63, 3.8) is 0 Å². The molecule has 618 valence electrons.